The minimum atomic E-state index is -0.206. The summed E-state index contributed by atoms with van der Waals surface area (Å²) in [5, 5.41) is 6.50. The second-order valence-corrected chi connectivity index (χ2v) is 5.38. The lowest BCUT2D eigenvalue weighted by Gasteiger charge is -2.16. The summed E-state index contributed by atoms with van der Waals surface area (Å²) in [5.74, 6) is 0.559. The van der Waals surface area contributed by atoms with Crippen LogP contribution < -0.4 is 10.6 Å². The molecule has 0 unspecified atom stereocenters. The fourth-order valence-electron chi connectivity index (χ4n) is 2.57. The molecule has 1 aliphatic heterocycles. The Morgan fingerprint density at radius 3 is 2.81 bits per heavy atom. The van der Waals surface area contributed by atoms with Crippen LogP contribution in [0.1, 0.15) is 24.8 Å². The van der Waals surface area contributed by atoms with Gasteiger partial charge in [-0.2, -0.15) is 0 Å². The first-order valence-electron chi connectivity index (χ1n) is 7.69. The second kappa shape index (κ2) is 8.62. The first kappa shape index (κ1) is 15.8. The number of nitrogens with zero attached hydrogens (tertiary/aromatic N) is 2. The van der Waals surface area contributed by atoms with E-state index >= 15 is 0 Å². The Balaban J connectivity index is 1.63. The predicted molar refractivity (Wildman–Crippen MR) is 84.9 cm³/mol. The van der Waals surface area contributed by atoms with Gasteiger partial charge in [0.05, 0.1) is 0 Å². The highest BCUT2D eigenvalue weighted by Gasteiger charge is 2.10. The molecule has 0 radical (unpaired) electrons. The van der Waals surface area contributed by atoms with Crippen LogP contribution in [0.25, 0.3) is 0 Å². The molecule has 1 heterocycles. The standard InChI is InChI=1S/C16H25FN4/c1-18-16(19-8-5-11-21-9-2-3-10-21)20-13-14-6-4-7-15(17)12-14/h4,6-7,12H,2-3,5,8-11,13H2,1H3,(H2,18,19,20). The molecule has 1 aromatic carbocycles. The zero-order valence-corrected chi connectivity index (χ0v) is 12.7. The van der Waals surface area contributed by atoms with Gasteiger partial charge in [-0.1, -0.05) is 12.1 Å². The highest BCUT2D eigenvalue weighted by Crippen LogP contribution is 2.06. The van der Waals surface area contributed by atoms with Crippen LogP contribution in [-0.2, 0) is 6.54 Å². The van der Waals surface area contributed by atoms with E-state index in [4.69, 9.17) is 0 Å². The van der Waals surface area contributed by atoms with Crippen LogP contribution in [0.15, 0.2) is 29.3 Å². The normalized spacial score (nSPS) is 16.2. The Hall–Kier alpha value is -1.62. The van der Waals surface area contributed by atoms with Crippen LogP contribution in [0.4, 0.5) is 4.39 Å². The Morgan fingerprint density at radius 2 is 2.10 bits per heavy atom. The van der Waals surface area contributed by atoms with E-state index in [0.717, 1.165) is 31.0 Å². The summed E-state index contributed by atoms with van der Waals surface area (Å²) in [4.78, 5) is 6.69. The van der Waals surface area contributed by atoms with Crippen molar-refractivity contribution in [1.82, 2.24) is 15.5 Å². The van der Waals surface area contributed by atoms with E-state index in [1.54, 1.807) is 13.1 Å². The van der Waals surface area contributed by atoms with Crippen LogP contribution in [0, 0.1) is 5.82 Å². The minimum absolute atomic E-state index is 0.206. The zero-order valence-electron chi connectivity index (χ0n) is 12.7. The summed E-state index contributed by atoms with van der Waals surface area (Å²) in [6.07, 6.45) is 3.79. The third-order valence-electron chi connectivity index (χ3n) is 3.71. The van der Waals surface area contributed by atoms with Gasteiger partial charge in [0, 0.05) is 20.1 Å². The first-order valence-corrected chi connectivity index (χ1v) is 7.69. The molecule has 2 rings (SSSR count). The van der Waals surface area contributed by atoms with Crippen molar-refractivity contribution in [1.29, 1.82) is 0 Å². The molecule has 116 valence electrons. The van der Waals surface area contributed by atoms with Gasteiger partial charge in [0.25, 0.3) is 0 Å². The molecule has 0 bridgehead atoms. The predicted octanol–water partition coefficient (Wildman–Crippen LogP) is 1.98. The fraction of sp³-hybridized carbons (Fsp3) is 0.562. The molecule has 1 aromatic rings. The molecule has 2 N–H and O–H groups in total. The van der Waals surface area contributed by atoms with Crippen LogP contribution in [0.5, 0.6) is 0 Å². The van der Waals surface area contributed by atoms with Crippen molar-refractivity contribution in [2.45, 2.75) is 25.8 Å². The van der Waals surface area contributed by atoms with Gasteiger partial charge >= 0.3 is 0 Å². The van der Waals surface area contributed by atoms with Gasteiger partial charge in [-0.3, -0.25) is 4.99 Å². The van der Waals surface area contributed by atoms with Crippen LogP contribution in [0.2, 0.25) is 0 Å². The maximum atomic E-state index is 13.1. The molecule has 0 saturated carbocycles. The average molecular weight is 292 g/mol. The summed E-state index contributed by atoms with van der Waals surface area (Å²) >= 11 is 0. The fourth-order valence-corrected chi connectivity index (χ4v) is 2.57. The molecule has 21 heavy (non-hydrogen) atoms. The molecule has 5 heteroatoms. The zero-order chi connectivity index (χ0) is 14.9. The third-order valence-corrected chi connectivity index (χ3v) is 3.71. The third kappa shape index (κ3) is 5.71. The molecule has 0 amide bonds. The van der Waals surface area contributed by atoms with Gasteiger partial charge in [-0.05, 0) is 56.6 Å². The maximum Gasteiger partial charge on any atom is 0.191 e. The van der Waals surface area contributed by atoms with E-state index in [-0.39, 0.29) is 5.82 Å². The van der Waals surface area contributed by atoms with Crippen molar-refractivity contribution in [2.75, 3.05) is 33.2 Å². The molecule has 0 aromatic heterocycles. The quantitative estimate of drug-likeness (QED) is 0.478. The largest absolute Gasteiger partial charge is 0.356 e. The van der Waals surface area contributed by atoms with Crippen molar-refractivity contribution in [3.8, 4) is 0 Å². The summed E-state index contributed by atoms with van der Waals surface area (Å²) in [6, 6.07) is 6.61. The van der Waals surface area contributed by atoms with E-state index in [2.05, 4.69) is 20.5 Å². The number of halogens is 1. The van der Waals surface area contributed by atoms with Gasteiger partial charge in [-0.15, -0.1) is 0 Å². The van der Waals surface area contributed by atoms with Crippen LogP contribution in [-0.4, -0.2) is 44.1 Å². The van der Waals surface area contributed by atoms with E-state index in [1.807, 2.05) is 6.07 Å². The molecule has 1 aliphatic rings. The molecule has 1 saturated heterocycles. The molecule has 0 spiro atoms. The van der Waals surface area contributed by atoms with E-state index < -0.39 is 0 Å². The second-order valence-electron chi connectivity index (χ2n) is 5.38. The molecule has 1 fully saturated rings. The van der Waals surface area contributed by atoms with Crippen LogP contribution >= 0.6 is 0 Å². The van der Waals surface area contributed by atoms with Gasteiger partial charge < -0.3 is 15.5 Å². The number of benzene rings is 1. The smallest absolute Gasteiger partial charge is 0.191 e. The Morgan fingerprint density at radius 1 is 1.29 bits per heavy atom. The first-order chi connectivity index (χ1) is 10.3. The lowest BCUT2D eigenvalue weighted by molar-refractivity contribution is 0.334. The number of hydrogen-bond donors (Lipinski definition) is 2. The van der Waals surface area contributed by atoms with Crippen molar-refractivity contribution in [3.63, 3.8) is 0 Å². The summed E-state index contributed by atoms with van der Waals surface area (Å²) in [7, 11) is 1.75. The Kier molecular flexibility index (Phi) is 6.47. The number of rotatable bonds is 6. The van der Waals surface area contributed by atoms with Gasteiger partial charge in [-0.25, -0.2) is 4.39 Å². The summed E-state index contributed by atoms with van der Waals surface area (Å²) in [5.41, 5.74) is 0.912. The monoisotopic (exact) mass is 292 g/mol. The van der Waals surface area contributed by atoms with Crippen molar-refractivity contribution >= 4 is 5.96 Å². The molecule has 4 nitrogen and oxygen atoms in total. The maximum absolute atomic E-state index is 13.1. The van der Waals surface area contributed by atoms with Crippen molar-refractivity contribution in [3.05, 3.63) is 35.6 Å². The highest BCUT2D eigenvalue weighted by atomic mass is 19.1. The highest BCUT2D eigenvalue weighted by molar-refractivity contribution is 5.79. The van der Waals surface area contributed by atoms with Crippen molar-refractivity contribution < 1.29 is 4.39 Å². The van der Waals surface area contributed by atoms with E-state index in [1.165, 1.54) is 38.1 Å². The average Bonchev–Trinajstić information content (AvgIpc) is 3.00. The molecular formula is C16H25FN4. The van der Waals surface area contributed by atoms with Crippen molar-refractivity contribution in [2.24, 2.45) is 4.99 Å². The summed E-state index contributed by atoms with van der Waals surface area (Å²) < 4.78 is 13.1. The number of aliphatic imine (C=N–C) groups is 1. The lowest BCUT2D eigenvalue weighted by Crippen LogP contribution is -2.38. The SMILES string of the molecule is CN=C(NCCCN1CCCC1)NCc1cccc(F)c1. The number of guanidine groups is 1. The lowest BCUT2D eigenvalue weighted by atomic mass is 10.2. The van der Waals surface area contributed by atoms with Gasteiger partial charge in [0.15, 0.2) is 5.96 Å². The van der Waals surface area contributed by atoms with E-state index in [9.17, 15) is 4.39 Å². The number of likely N-dealkylation sites (tertiary alicyclic amines) is 1. The topological polar surface area (TPSA) is 39.7 Å². The van der Waals surface area contributed by atoms with Gasteiger partial charge in [0.2, 0.25) is 0 Å². The molecular weight excluding hydrogens is 267 g/mol. The Labute approximate surface area is 126 Å². The van der Waals surface area contributed by atoms with Crippen LogP contribution in [0.3, 0.4) is 0 Å². The molecule has 0 atom stereocenters. The van der Waals surface area contributed by atoms with Gasteiger partial charge in [0.1, 0.15) is 5.82 Å². The van der Waals surface area contributed by atoms with E-state index in [0.29, 0.717) is 6.54 Å². The number of nitrogens with one attached hydrogen (secondary N) is 2. The summed E-state index contributed by atoms with van der Waals surface area (Å²) in [6.45, 7) is 5.11. The molecule has 0 aliphatic carbocycles. The Bertz CT molecular complexity index is 455. The minimum Gasteiger partial charge on any atom is -0.356 e. The number of hydrogen-bond acceptors (Lipinski definition) is 2.